The zero-order valence-corrected chi connectivity index (χ0v) is 19.4. The summed E-state index contributed by atoms with van der Waals surface area (Å²) in [6.45, 7) is 0. The van der Waals surface area contributed by atoms with Gasteiger partial charge in [-0.2, -0.15) is 5.26 Å². The highest BCUT2D eigenvalue weighted by Gasteiger charge is 2.54. The van der Waals surface area contributed by atoms with Crippen LogP contribution in [0, 0.1) is 17.2 Å². The monoisotopic (exact) mass is 473 g/mol. The Hall–Kier alpha value is -4.19. The first-order valence-corrected chi connectivity index (χ1v) is 11.5. The standard InChI is InChI=1S/C26H27N5O4/c1-31-20-8-3-2-6-18(20)21(22(31)24(33)34)26(25(28)35)11-5-4-7-19(26)23(32)30-17(15-27)14-16-9-12-29-13-10-16/h2-3,6,8-10,12-13,17,19H,4-5,7,11,14H2,1H3,(H2,28,35)(H,30,32)(H,33,34)/t17?,19-,26-/m0/s1. The number of fused-ring (bicyclic) bond motifs is 1. The Kier molecular flexibility index (Phi) is 6.56. The van der Waals surface area contributed by atoms with Crippen LogP contribution in [0.2, 0.25) is 0 Å². The van der Waals surface area contributed by atoms with Crippen LogP contribution in [0.15, 0.2) is 48.8 Å². The quantitative estimate of drug-likeness (QED) is 0.479. The zero-order chi connectivity index (χ0) is 25.2. The Balaban J connectivity index is 1.81. The molecule has 2 heterocycles. The molecule has 0 radical (unpaired) electrons. The molecule has 0 spiro atoms. The molecule has 4 rings (SSSR count). The number of hydrogen-bond acceptors (Lipinski definition) is 5. The van der Waals surface area contributed by atoms with E-state index >= 15 is 0 Å². The number of rotatable bonds is 7. The summed E-state index contributed by atoms with van der Waals surface area (Å²) in [6, 6.07) is 11.9. The second kappa shape index (κ2) is 9.58. The number of aryl methyl sites for hydroxylation is 1. The molecule has 0 bridgehead atoms. The highest BCUT2D eigenvalue weighted by atomic mass is 16.4. The molecule has 35 heavy (non-hydrogen) atoms. The number of carbonyl (C=O) groups excluding carboxylic acids is 2. The van der Waals surface area contributed by atoms with Crippen LogP contribution in [0.3, 0.4) is 0 Å². The van der Waals surface area contributed by atoms with Crippen molar-refractivity contribution in [1.82, 2.24) is 14.9 Å². The van der Waals surface area contributed by atoms with Gasteiger partial charge in [0.05, 0.1) is 17.4 Å². The third kappa shape index (κ3) is 4.12. The number of primary amides is 1. The summed E-state index contributed by atoms with van der Waals surface area (Å²) in [5.74, 6) is -3.32. The molecule has 0 aliphatic heterocycles. The molecule has 1 aliphatic rings. The maximum Gasteiger partial charge on any atom is 0.352 e. The van der Waals surface area contributed by atoms with Crippen molar-refractivity contribution < 1.29 is 19.5 Å². The molecule has 4 N–H and O–H groups in total. The Labute approximate surface area is 202 Å². The van der Waals surface area contributed by atoms with Crippen molar-refractivity contribution in [2.45, 2.75) is 43.6 Å². The number of nitrogens with zero attached hydrogens (tertiary/aromatic N) is 3. The first kappa shape index (κ1) is 24.0. The van der Waals surface area contributed by atoms with E-state index in [1.54, 1.807) is 55.8 Å². The van der Waals surface area contributed by atoms with Gasteiger partial charge in [-0.25, -0.2) is 4.79 Å². The lowest BCUT2D eigenvalue weighted by Crippen LogP contribution is -2.56. The number of carbonyl (C=O) groups is 3. The largest absolute Gasteiger partial charge is 0.477 e. The van der Waals surface area contributed by atoms with E-state index in [1.807, 2.05) is 0 Å². The fourth-order valence-electron chi connectivity index (χ4n) is 5.50. The maximum absolute atomic E-state index is 13.6. The highest BCUT2D eigenvalue weighted by Crippen LogP contribution is 2.48. The topological polar surface area (TPSA) is 151 Å². The Morgan fingerprint density at radius 3 is 2.63 bits per heavy atom. The first-order valence-electron chi connectivity index (χ1n) is 11.5. The lowest BCUT2D eigenvalue weighted by atomic mass is 9.60. The van der Waals surface area contributed by atoms with Crippen molar-refractivity contribution in [1.29, 1.82) is 5.26 Å². The molecular formula is C26H27N5O4. The van der Waals surface area contributed by atoms with Gasteiger partial charge in [-0.05, 0) is 36.6 Å². The molecule has 1 fully saturated rings. The summed E-state index contributed by atoms with van der Waals surface area (Å²) >= 11 is 0. The van der Waals surface area contributed by atoms with Crippen molar-refractivity contribution in [3.8, 4) is 6.07 Å². The minimum Gasteiger partial charge on any atom is -0.477 e. The molecule has 9 heteroatoms. The van der Waals surface area contributed by atoms with Gasteiger partial charge < -0.3 is 20.7 Å². The van der Waals surface area contributed by atoms with Crippen molar-refractivity contribution in [3.05, 3.63) is 65.6 Å². The molecule has 2 aromatic heterocycles. The second-order valence-electron chi connectivity index (χ2n) is 8.99. The van der Waals surface area contributed by atoms with Crippen molar-refractivity contribution in [2.75, 3.05) is 0 Å². The molecule has 9 nitrogen and oxygen atoms in total. The minimum atomic E-state index is -1.52. The van der Waals surface area contributed by atoms with Gasteiger partial charge in [-0.3, -0.25) is 14.6 Å². The fraction of sp³-hybridized carbons (Fsp3) is 0.346. The lowest BCUT2D eigenvalue weighted by molar-refractivity contribution is -0.137. The number of benzene rings is 1. The summed E-state index contributed by atoms with van der Waals surface area (Å²) in [5.41, 5.74) is 6.19. The molecular weight excluding hydrogens is 446 g/mol. The summed E-state index contributed by atoms with van der Waals surface area (Å²) in [4.78, 5) is 43.2. The van der Waals surface area contributed by atoms with Gasteiger partial charge in [0.15, 0.2) is 0 Å². The summed E-state index contributed by atoms with van der Waals surface area (Å²) in [7, 11) is 1.63. The van der Waals surface area contributed by atoms with Crippen LogP contribution >= 0.6 is 0 Å². The molecule has 3 aromatic rings. The van der Waals surface area contributed by atoms with Gasteiger partial charge in [-0.15, -0.1) is 0 Å². The van der Waals surface area contributed by atoms with Crippen LogP contribution in [0.25, 0.3) is 10.9 Å². The Morgan fingerprint density at radius 2 is 1.97 bits per heavy atom. The molecule has 3 atom stereocenters. The summed E-state index contributed by atoms with van der Waals surface area (Å²) in [6.07, 6.45) is 5.39. The minimum absolute atomic E-state index is 0.0571. The number of aromatic nitrogens is 2. The Morgan fingerprint density at radius 1 is 1.26 bits per heavy atom. The first-order chi connectivity index (χ1) is 16.8. The van der Waals surface area contributed by atoms with Crippen molar-refractivity contribution in [3.63, 3.8) is 0 Å². The number of aromatic carboxylic acids is 1. The van der Waals surface area contributed by atoms with Crippen LogP contribution in [-0.2, 0) is 28.5 Å². The van der Waals surface area contributed by atoms with Crippen LogP contribution in [0.1, 0.15) is 47.3 Å². The van der Waals surface area contributed by atoms with E-state index in [0.717, 1.165) is 5.56 Å². The van der Waals surface area contributed by atoms with Crippen molar-refractivity contribution in [2.24, 2.45) is 18.7 Å². The van der Waals surface area contributed by atoms with E-state index in [2.05, 4.69) is 16.4 Å². The number of carboxylic acids is 1. The number of nitrogens with two attached hydrogens (primary N) is 1. The molecule has 2 amide bonds. The van der Waals surface area contributed by atoms with E-state index in [0.29, 0.717) is 30.2 Å². The molecule has 1 unspecified atom stereocenters. The van der Waals surface area contributed by atoms with Gasteiger partial charge in [0.25, 0.3) is 0 Å². The second-order valence-corrected chi connectivity index (χ2v) is 8.99. The number of carboxylic acid groups (broad SMARTS) is 1. The molecule has 1 saturated carbocycles. The van der Waals surface area contributed by atoms with E-state index < -0.39 is 35.2 Å². The van der Waals surface area contributed by atoms with Gasteiger partial charge in [0.1, 0.15) is 11.7 Å². The van der Waals surface area contributed by atoms with Crippen LogP contribution < -0.4 is 11.1 Å². The molecule has 0 saturated heterocycles. The fourth-order valence-corrected chi connectivity index (χ4v) is 5.50. The predicted molar refractivity (Wildman–Crippen MR) is 128 cm³/mol. The molecule has 1 aliphatic carbocycles. The van der Waals surface area contributed by atoms with Crippen molar-refractivity contribution >= 4 is 28.7 Å². The number of para-hydroxylation sites is 1. The van der Waals surface area contributed by atoms with Crippen LogP contribution in [0.4, 0.5) is 0 Å². The smallest absolute Gasteiger partial charge is 0.352 e. The third-order valence-electron chi connectivity index (χ3n) is 7.08. The highest BCUT2D eigenvalue weighted by molar-refractivity contribution is 6.06. The van der Waals surface area contributed by atoms with Gasteiger partial charge in [-0.1, -0.05) is 31.0 Å². The average molecular weight is 474 g/mol. The lowest BCUT2D eigenvalue weighted by Gasteiger charge is -2.41. The van der Waals surface area contributed by atoms with E-state index in [1.165, 1.54) is 4.57 Å². The predicted octanol–water partition coefficient (Wildman–Crippen LogP) is 2.44. The third-order valence-corrected chi connectivity index (χ3v) is 7.08. The van der Waals surface area contributed by atoms with Gasteiger partial charge >= 0.3 is 5.97 Å². The zero-order valence-electron chi connectivity index (χ0n) is 19.4. The average Bonchev–Trinajstić information content (AvgIpc) is 3.17. The number of amides is 2. The van der Waals surface area contributed by atoms with E-state index in [9.17, 15) is 24.8 Å². The SMILES string of the molecule is Cn1c(C(=O)O)c([C@]2(C(N)=O)CCCC[C@H]2C(=O)NC(C#N)Cc2ccncc2)c2ccccc21. The van der Waals surface area contributed by atoms with Crippen LogP contribution in [-0.4, -0.2) is 38.5 Å². The van der Waals surface area contributed by atoms with E-state index in [4.69, 9.17) is 5.73 Å². The molecule has 180 valence electrons. The number of hydrogen-bond donors (Lipinski definition) is 3. The maximum atomic E-state index is 13.6. The number of pyridine rings is 1. The van der Waals surface area contributed by atoms with Crippen LogP contribution in [0.5, 0.6) is 0 Å². The number of nitriles is 1. The normalized spacial score (nSPS) is 20.6. The van der Waals surface area contributed by atoms with Gasteiger partial charge in [0, 0.05) is 42.3 Å². The molecule has 1 aromatic carbocycles. The Bertz CT molecular complexity index is 1330. The van der Waals surface area contributed by atoms with Gasteiger partial charge in [0.2, 0.25) is 11.8 Å². The van der Waals surface area contributed by atoms with E-state index in [-0.39, 0.29) is 24.1 Å². The number of nitrogens with one attached hydrogen (secondary N) is 1. The summed E-state index contributed by atoms with van der Waals surface area (Å²) in [5, 5.41) is 23.2. The summed E-state index contributed by atoms with van der Waals surface area (Å²) < 4.78 is 1.53.